The van der Waals surface area contributed by atoms with E-state index in [1.165, 1.54) is 7.11 Å². The fraction of sp³-hybridized carbons (Fsp3) is 0.353. The summed E-state index contributed by atoms with van der Waals surface area (Å²) in [5.74, 6) is 0.791. The maximum absolute atomic E-state index is 12.1. The number of rotatable bonds is 7. The number of ketones is 1. The highest BCUT2D eigenvalue weighted by Crippen LogP contribution is 2.18. The third-order valence-corrected chi connectivity index (χ3v) is 3.18. The van der Waals surface area contributed by atoms with Crippen LogP contribution in [0.5, 0.6) is 0 Å². The van der Waals surface area contributed by atoms with Gasteiger partial charge < -0.3 is 4.74 Å². The van der Waals surface area contributed by atoms with Gasteiger partial charge in [-0.1, -0.05) is 57.2 Å². The lowest BCUT2D eigenvalue weighted by Crippen LogP contribution is -2.09. The normalized spacial score (nSPS) is 12.9. The maximum atomic E-state index is 12.1. The van der Waals surface area contributed by atoms with Crippen molar-refractivity contribution in [1.29, 1.82) is 0 Å². The summed E-state index contributed by atoms with van der Waals surface area (Å²) in [6, 6.07) is 9.77. The second kappa shape index (κ2) is 7.57. The van der Waals surface area contributed by atoms with E-state index in [9.17, 15) is 4.79 Å². The lowest BCUT2D eigenvalue weighted by molar-refractivity contribution is -0.119. The molecule has 1 aromatic carbocycles. The number of hydrogen-bond donors (Lipinski definition) is 0. The van der Waals surface area contributed by atoms with Crippen molar-refractivity contribution in [3.63, 3.8) is 0 Å². The fourth-order valence-corrected chi connectivity index (χ4v) is 1.71. The van der Waals surface area contributed by atoms with Gasteiger partial charge >= 0.3 is 0 Å². The highest BCUT2D eigenvalue weighted by molar-refractivity contribution is 5.96. The fourth-order valence-electron chi connectivity index (χ4n) is 1.71. The molecule has 0 saturated carbocycles. The van der Waals surface area contributed by atoms with E-state index in [0.717, 1.165) is 17.6 Å². The molecule has 19 heavy (non-hydrogen) atoms. The van der Waals surface area contributed by atoms with Crippen LogP contribution in [0.15, 0.2) is 48.7 Å². The minimum absolute atomic E-state index is 0.0360. The van der Waals surface area contributed by atoms with Crippen molar-refractivity contribution in [3.8, 4) is 0 Å². The van der Waals surface area contributed by atoms with E-state index in [2.05, 4.69) is 20.4 Å². The van der Waals surface area contributed by atoms with Crippen molar-refractivity contribution >= 4 is 11.4 Å². The van der Waals surface area contributed by atoms with E-state index >= 15 is 0 Å². The molecule has 0 aliphatic heterocycles. The topological polar surface area (TPSA) is 26.3 Å². The number of carbonyl (C=O) groups excluding carboxylic acids is 1. The van der Waals surface area contributed by atoms with Crippen LogP contribution in [0.1, 0.15) is 32.3 Å². The molecule has 0 heterocycles. The van der Waals surface area contributed by atoms with Crippen LogP contribution in [-0.2, 0) is 9.53 Å². The Hall–Kier alpha value is -1.83. The number of Topliss-reactive ketones (excluding diaryl/α,β-unsaturated/α-hetero) is 1. The number of hydrogen-bond acceptors (Lipinski definition) is 2. The number of ether oxygens (including phenoxy) is 1. The average molecular weight is 258 g/mol. The first-order valence-electron chi connectivity index (χ1n) is 6.61. The van der Waals surface area contributed by atoms with Crippen LogP contribution in [0.3, 0.4) is 0 Å². The van der Waals surface area contributed by atoms with Crippen LogP contribution in [0.4, 0.5) is 0 Å². The van der Waals surface area contributed by atoms with Gasteiger partial charge in [0.15, 0.2) is 11.5 Å². The zero-order valence-electron chi connectivity index (χ0n) is 12.0. The Morgan fingerprint density at radius 1 is 1.37 bits per heavy atom. The quantitative estimate of drug-likeness (QED) is 0.415. The summed E-state index contributed by atoms with van der Waals surface area (Å²) in [6.45, 7) is 8.13. The Bertz CT molecular complexity index is 457. The summed E-state index contributed by atoms with van der Waals surface area (Å²) in [6.07, 6.45) is 3.22. The standard InChI is InChI=1S/C17H22O2/c1-5-13(2)11-16(18)17(19-4)12-14(3)15-9-7-6-8-10-15/h6-10,12-13H,3,5,11H2,1-2,4H3/b17-12-. The van der Waals surface area contributed by atoms with Crippen LogP contribution >= 0.6 is 0 Å². The van der Waals surface area contributed by atoms with Crippen LogP contribution < -0.4 is 0 Å². The molecular formula is C17H22O2. The third-order valence-electron chi connectivity index (χ3n) is 3.18. The monoisotopic (exact) mass is 258 g/mol. The van der Waals surface area contributed by atoms with E-state index < -0.39 is 0 Å². The van der Waals surface area contributed by atoms with Gasteiger partial charge in [0.1, 0.15) is 0 Å². The first-order chi connectivity index (χ1) is 9.08. The zero-order valence-corrected chi connectivity index (χ0v) is 12.0. The van der Waals surface area contributed by atoms with Gasteiger partial charge in [-0.05, 0) is 23.1 Å². The summed E-state index contributed by atoms with van der Waals surface area (Å²) in [5, 5.41) is 0. The third kappa shape index (κ3) is 4.74. The Kier molecular flexibility index (Phi) is 6.07. The molecule has 0 radical (unpaired) electrons. The van der Waals surface area contributed by atoms with Crippen LogP contribution in [0.2, 0.25) is 0 Å². The van der Waals surface area contributed by atoms with E-state index in [0.29, 0.717) is 18.1 Å². The van der Waals surface area contributed by atoms with Gasteiger partial charge in [-0.15, -0.1) is 0 Å². The Labute approximate surface area is 115 Å². The molecule has 1 atom stereocenters. The molecule has 0 spiro atoms. The highest BCUT2D eigenvalue weighted by atomic mass is 16.5. The van der Waals surface area contributed by atoms with Crippen molar-refractivity contribution in [2.75, 3.05) is 7.11 Å². The van der Waals surface area contributed by atoms with Gasteiger partial charge in [0.2, 0.25) is 0 Å². The van der Waals surface area contributed by atoms with Crippen molar-refractivity contribution in [2.45, 2.75) is 26.7 Å². The summed E-state index contributed by atoms with van der Waals surface area (Å²) in [5.41, 5.74) is 1.78. The van der Waals surface area contributed by atoms with Gasteiger partial charge in [0.05, 0.1) is 7.11 Å². The molecule has 0 aliphatic rings. The second-order valence-electron chi connectivity index (χ2n) is 4.74. The summed E-state index contributed by atoms with van der Waals surface area (Å²) < 4.78 is 5.20. The van der Waals surface area contributed by atoms with Gasteiger partial charge in [-0.2, -0.15) is 0 Å². The molecule has 0 N–H and O–H groups in total. The molecule has 0 bridgehead atoms. The van der Waals surface area contributed by atoms with Gasteiger partial charge in [-0.3, -0.25) is 4.79 Å². The molecule has 1 unspecified atom stereocenters. The second-order valence-corrected chi connectivity index (χ2v) is 4.74. The van der Waals surface area contributed by atoms with Gasteiger partial charge in [0, 0.05) is 6.42 Å². The minimum atomic E-state index is 0.0360. The number of methoxy groups -OCH3 is 1. The molecule has 1 aromatic rings. The van der Waals surface area contributed by atoms with Crippen LogP contribution in [0.25, 0.3) is 5.57 Å². The SMILES string of the molecule is C=C(/C=C(\OC)C(=O)CC(C)CC)c1ccccc1. The molecule has 0 saturated heterocycles. The highest BCUT2D eigenvalue weighted by Gasteiger charge is 2.13. The van der Waals surface area contributed by atoms with E-state index in [1.807, 2.05) is 30.3 Å². The summed E-state index contributed by atoms with van der Waals surface area (Å²) in [7, 11) is 1.53. The van der Waals surface area contributed by atoms with Crippen molar-refractivity contribution in [1.82, 2.24) is 0 Å². The molecule has 0 fully saturated rings. The molecule has 2 nitrogen and oxygen atoms in total. The predicted molar refractivity (Wildman–Crippen MR) is 79.6 cm³/mol. The first-order valence-corrected chi connectivity index (χ1v) is 6.61. The van der Waals surface area contributed by atoms with Crippen LogP contribution in [-0.4, -0.2) is 12.9 Å². The number of carbonyl (C=O) groups is 1. The largest absolute Gasteiger partial charge is 0.493 e. The Morgan fingerprint density at radius 3 is 2.53 bits per heavy atom. The predicted octanol–water partition coefficient (Wildman–Crippen LogP) is 4.24. The summed E-state index contributed by atoms with van der Waals surface area (Å²) >= 11 is 0. The average Bonchev–Trinajstić information content (AvgIpc) is 2.44. The molecule has 0 amide bonds. The number of benzene rings is 1. The van der Waals surface area contributed by atoms with E-state index in [-0.39, 0.29) is 5.78 Å². The van der Waals surface area contributed by atoms with Crippen LogP contribution in [0, 0.1) is 5.92 Å². The van der Waals surface area contributed by atoms with Crippen molar-refractivity contribution < 1.29 is 9.53 Å². The van der Waals surface area contributed by atoms with Crippen molar-refractivity contribution in [3.05, 3.63) is 54.3 Å². The maximum Gasteiger partial charge on any atom is 0.197 e. The lowest BCUT2D eigenvalue weighted by Gasteiger charge is -2.10. The molecule has 1 rings (SSSR count). The van der Waals surface area contributed by atoms with E-state index in [1.54, 1.807) is 6.08 Å². The van der Waals surface area contributed by atoms with E-state index in [4.69, 9.17) is 4.74 Å². The molecule has 0 aliphatic carbocycles. The molecule has 2 heteroatoms. The first kappa shape index (κ1) is 15.2. The number of allylic oxidation sites excluding steroid dienone is 3. The minimum Gasteiger partial charge on any atom is -0.493 e. The van der Waals surface area contributed by atoms with Gasteiger partial charge in [0.25, 0.3) is 0 Å². The molecule has 102 valence electrons. The summed E-state index contributed by atoms with van der Waals surface area (Å²) in [4.78, 5) is 12.1. The molecular weight excluding hydrogens is 236 g/mol. The zero-order chi connectivity index (χ0) is 14.3. The van der Waals surface area contributed by atoms with Crippen molar-refractivity contribution in [2.24, 2.45) is 5.92 Å². The Balaban J connectivity index is 2.82. The molecule has 0 aromatic heterocycles. The lowest BCUT2D eigenvalue weighted by atomic mass is 9.99. The van der Waals surface area contributed by atoms with Gasteiger partial charge in [-0.25, -0.2) is 0 Å². The Morgan fingerprint density at radius 2 is 2.00 bits per heavy atom. The smallest absolute Gasteiger partial charge is 0.197 e.